The van der Waals surface area contributed by atoms with E-state index in [2.05, 4.69) is 15.5 Å². The van der Waals surface area contributed by atoms with E-state index in [9.17, 15) is 4.79 Å². The Morgan fingerprint density at radius 2 is 2.06 bits per heavy atom. The van der Waals surface area contributed by atoms with Gasteiger partial charge >= 0.3 is 0 Å². The molecule has 0 spiro atoms. The zero-order valence-corrected chi connectivity index (χ0v) is 9.22. The third-order valence-corrected chi connectivity index (χ3v) is 2.51. The van der Waals surface area contributed by atoms with Crippen molar-refractivity contribution in [3.8, 4) is 17.0 Å². The van der Waals surface area contributed by atoms with E-state index in [4.69, 9.17) is 4.42 Å². The highest BCUT2D eigenvalue weighted by atomic mass is 16.3. The summed E-state index contributed by atoms with van der Waals surface area (Å²) in [7, 11) is 0. The van der Waals surface area contributed by atoms with Crippen LogP contribution in [-0.4, -0.2) is 26.5 Å². The fourth-order valence-electron chi connectivity index (χ4n) is 1.71. The molecule has 0 N–H and O–H groups in total. The Hall–Kier alpha value is -2.76. The molecule has 2 aromatic heterocycles. The molecule has 6 nitrogen and oxygen atoms in total. The van der Waals surface area contributed by atoms with Crippen molar-refractivity contribution in [1.29, 1.82) is 0 Å². The fraction of sp³-hybridized carbons (Fsp3) is 0. The summed E-state index contributed by atoms with van der Waals surface area (Å²) in [6, 6.07) is 10.9. The lowest BCUT2D eigenvalue weighted by atomic mass is 10.1. The lowest BCUT2D eigenvalue weighted by Gasteiger charge is -2.05. The van der Waals surface area contributed by atoms with Gasteiger partial charge in [0, 0.05) is 5.56 Å². The van der Waals surface area contributed by atoms with Gasteiger partial charge in [-0.1, -0.05) is 12.1 Å². The van der Waals surface area contributed by atoms with Crippen LogP contribution >= 0.6 is 0 Å². The van der Waals surface area contributed by atoms with Crippen molar-refractivity contribution in [2.45, 2.75) is 0 Å². The largest absolute Gasteiger partial charge is 0.453 e. The predicted molar refractivity (Wildman–Crippen MR) is 62.2 cm³/mol. The van der Waals surface area contributed by atoms with Crippen molar-refractivity contribution in [2.24, 2.45) is 0 Å². The molecule has 0 aliphatic heterocycles. The summed E-state index contributed by atoms with van der Waals surface area (Å²) in [5.74, 6) is 0.889. The van der Waals surface area contributed by atoms with Crippen LogP contribution < -0.4 is 0 Å². The number of para-hydroxylation sites is 1. The number of carbonyl (C=O) groups excluding carboxylic acids is 1. The number of benzene rings is 1. The van der Waals surface area contributed by atoms with Gasteiger partial charge in [-0.3, -0.25) is 4.79 Å². The molecule has 0 aliphatic carbocycles. The highest BCUT2D eigenvalue weighted by Gasteiger charge is 2.11. The van der Waals surface area contributed by atoms with Gasteiger partial charge in [-0.05, 0) is 34.7 Å². The predicted octanol–water partition coefficient (Wildman–Crippen LogP) is 1.73. The Bertz CT molecular complexity index is 673. The zero-order valence-electron chi connectivity index (χ0n) is 9.22. The number of hydrogen-bond donors (Lipinski definition) is 0. The number of tetrazole rings is 1. The van der Waals surface area contributed by atoms with E-state index in [0.717, 1.165) is 11.3 Å². The maximum atomic E-state index is 10.6. The van der Waals surface area contributed by atoms with Crippen molar-refractivity contribution < 1.29 is 9.21 Å². The molecule has 88 valence electrons. The highest BCUT2D eigenvalue weighted by Crippen LogP contribution is 2.27. The molecule has 0 bridgehead atoms. The first kappa shape index (κ1) is 10.4. The minimum Gasteiger partial charge on any atom is -0.453 e. The smallest absolute Gasteiger partial charge is 0.185 e. The van der Waals surface area contributed by atoms with E-state index < -0.39 is 0 Å². The maximum absolute atomic E-state index is 10.6. The minimum atomic E-state index is 0.288. The van der Waals surface area contributed by atoms with Crippen LogP contribution in [0.1, 0.15) is 10.6 Å². The van der Waals surface area contributed by atoms with Crippen molar-refractivity contribution in [3.63, 3.8) is 0 Å². The second-order valence-corrected chi connectivity index (χ2v) is 3.59. The van der Waals surface area contributed by atoms with Crippen molar-refractivity contribution >= 4 is 6.29 Å². The number of nitrogens with zero attached hydrogens (tertiary/aromatic N) is 4. The van der Waals surface area contributed by atoms with Crippen LogP contribution in [0.4, 0.5) is 0 Å². The molecule has 0 saturated carbocycles. The SMILES string of the molecule is O=Cc1ccc(-c2ccccc2-n2cnnn2)o1. The van der Waals surface area contributed by atoms with Gasteiger partial charge < -0.3 is 4.42 Å². The Morgan fingerprint density at radius 3 is 2.78 bits per heavy atom. The van der Waals surface area contributed by atoms with Gasteiger partial charge in [-0.2, -0.15) is 4.68 Å². The van der Waals surface area contributed by atoms with Crippen LogP contribution in [0.5, 0.6) is 0 Å². The van der Waals surface area contributed by atoms with E-state index in [1.165, 1.54) is 6.33 Å². The Balaban J connectivity index is 2.15. The second kappa shape index (κ2) is 4.25. The van der Waals surface area contributed by atoms with Gasteiger partial charge in [0.25, 0.3) is 0 Å². The first-order valence-electron chi connectivity index (χ1n) is 5.26. The summed E-state index contributed by atoms with van der Waals surface area (Å²) >= 11 is 0. The molecule has 0 unspecified atom stereocenters. The topological polar surface area (TPSA) is 73.8 Å². The lowest BCUT2D eigenvalue weighted by molar-refractivity contribution is 0.110. The van der Waals surface area contributed by atoms with Crippen molar-refractivity contribution in [3.05, 3.63) is 48.5 Å². The summed E-state index contributed by atoms with van der Waals surface area (Å²) in [5.41, 5.74) is 1.60. The summed E-state index contributed by atoms with van der Waals surface area (Å²) < 4.78 is 6.95. The zero-order chi connectivity index (χ0) is 12.4. The first-order valence-corrected chi connectivity index (χ1v) is 5.26. The summed E-state index contributed by atoms with van der Waals surface area (Å²) in [6.07, 6.45) is 2.17. The van der Waals surface area contributed by atoms with Crippen LogP contribution in [0, 0.1) is 0 Å². The first-order chi connectivity index (χ1) is 8.88. The molecule has 2 heterocycles. The third kappa shape index (κ3) is 1.69. The van der Waals surface area contributed by atoms with Gasteiger partial charge in [0.05, 0.1) is 5.69 Å². The molecule has 0 radical (unpaired) electrons. The van der Waals surface area contributed by atoms with Crippen LogP contribution in [0.15, 0.2) is 47.1 Å². The van der Waals surface area contributed by atoms with Crippen molar-refractivity contribution in [1.82, 2.24) is 20.2 Å². The lowest BCUT2D eigenvalue weighted by Crippen LogP contribution is -1.97. The molecule has 3 aromatic rings. The van der Waals surface area contributed by atoms with E-state index in [1.54, 1.807) is 16.8 Å². The molecular weight excluding hydrogens is 232 g/mol. The molecular formula is C12H8N4O2. The molecule has 1 aromatic carbocycles. The van der Waals surface area contributed by atoms with Crippen LogP contribution in [0.3, 0.4) is 0 Å². The summed E-state index contributed by atoms with van der Waals surface area (Å²) in [4.78, 5) is 10.6. The molecule has 0 saturated heterocycles. The average molecular weight is 240 g/mol. The molecule has 6 heteroatoms. The number of carbonyl (C=O) groups is 1. The Labute approximate surface area is 102 Å². The number of furan rings is 1. The Morgan fingerprint density at radius 1 is 1.17 bits per heavy atom. The second-order valence-electron chi connectivity index (χ2n) is 3.59. The van der Waals surface area contributed by atoms with Crippen molar-refractivity contribution in [2.75, 3.05) is 0 Å². The molecule has 0 atom stereocenters. The molecule has 0 amide bonds. The molecule has 18 heavy (non-hydrogen) atoms. The average Bonchev–Trinajstić information content (AvgIpc) is 3.10. The maximum Gasteiger partial charge on any atom is 0.185 e. The van der Waals surface area contributed by atoms with Gasteiger partial charge in [-0.15, -0.1) is 5.10 Å². The highest BCUT2D eigenvalue weighted by molar-refractivity contribution is 5.75. The van der Waals surface area contributed by atoms with Gasteiger partial charge in [0.2, 0.25) is 0 Å². The monoisotopic (exact) mass is 240 g/mol. The summed E-state index contributed by atoms with van der Waals surface area (Å²) in [6.45, 7) is 0. The van der Waals surface area contributed by atoms with Gasteiger partial charge in [0.1, 0.15) is 12.1 Å². The summed E-state index contributed by atoms with van der Waals surface area (Å²) in [5, 5.41) is 11.0. The fourth-order valence-corrected chi connectivity index (χ4v) is 1.71. The quantitative estimate of drug-likeness (QED) is 0.652. The molecule has 0 aliphatic rings. The van der Waals surface area contributed by atoms with E-state index in [1.807, 2.05) is 24.3 Å². The standard InChI is InChI=1S/C12H8N4O2/c17-7-9-5-6-12(18-9)10-3-1-2-4-11(10)16-8-13-14-15-16/h1-8H. The number of aldehydes is 1. The molecule has 3 rings (SSSR count). The van der Waals surface area contributed by atoms with Crippen LogP contribution in [-0.2, 0) is 0 Å². The number of hydrogen-bond acceptors (Lipinski definition) is 5. The van der Waals surface area contributed by atoms with Crippen LogP contribution in [0.2, 0.25) is 0 Å². The normalized spacial score (nSPS) is 10.4. The van der Waals surface area contributed by atoms with Crippen LogP contribution in [0.25, 0.3) is 17.0 Å². The number of aromatic nitrogens is 4. The van der Waals surface area contributed by atoms with Gasteiger partial charge in [0.15, 0.2) is 12.0 Å². The van der Waals surface area contributed by atoms with E-state index in [-0.39, 0.29) is 5.76 Å². The van der Waals surface area contributed by atoms with Gasteiger partial charge in [-0.25, -0.2) is 0 Å². The van der Waals surface area contributed by atoms with E-state index in [0.29, 0.717) is 12.0 Å². The van der Waals surface area contributed by atoms with E-state index >= 15 is 0 Å². The number of rotatable bonds is 3. The molecule has 0 fully saturated rings. The Kier molecular flexibility index (Phi) is 2.45. The third-order valence-electron chi connectivity index (χ3n) is 2.51. The minimum absolute atomic E-state index is 0.288.